The molecule has 0 radical (unpaired) electrons. The number of carbonyl (C=O) groups is 2. The van der Waals surface area contributed by atoms with Crippen molar-refractivity contribution in [1.29, 1.82) is 0 Å². The number of carbonyl (C=O) groups excluding carboxylic acids is 2. The summed E-state index contributed by atoms with van der Waals surface area (Å²) in [5.41, 5.74) is 0.686. The second kappa shape index (κ2) is 5.91. The zero-order valence-electron chi connectivity index (χ0n) is 14.5. The van der Waals surface area contributed by atoms with E-state index >= 15 is 0 Å². The van der Waals surface area contributed by atoms with E-state index in [1.165, 1.54) is 17.0 Å². The SMILES string of the molecule is O=C1[C@H](c2ccc(Cl)cc2)[C@@]2(C(=O)Nc3ccccc32)N1c1ccccc1F. The zero-order valence-corrected chi connectivity index (χ0v) is 15.3. The fourth-order valence-corrected chi connectivity index (χ4v) is 4.42. The van der Waals surface area contributed by atoms with Gasteiger partial charge in [0.05, 0.1) is 5.69 Å². The van der Waals surface area contributed by atoms with E-state index in [4.69, 9.17) is 11.6 Å². The number of amides is 2. The Balaban J connectivity index is 1.77. The number of hydrogen-bond donors (Lipinski definition) is 1. The first-order valence-corrected chi connectivity index (χ1v) is 9.18. The van der Waals surface area contributed by atoms with Crippen molar-refractivity contribution < 1.29 is 14.0 Å². The quantitative estimate of drug-likeness (QED) is 0.655. The summed E-state index contributed by atoms with van der Waals surface area (Å²) >= 11 is 6.00. The molecule has 28 heavy (non-hydrogen) atoms. The molecule has 2 amide bonds. The van der Waals surface area contributed by atoms with Crippen molar-refractivity contribution in [2.24, 2.45) is 0 Å². The minimum absolute atomic E-state index is 0.0876. The van der Waals surface area contributed by atoms with Crippen LogP contribution in [0.15, 0.2) is 72.8 Å². The molecular weight excluding hydrogens is 379 g/mol. The molecule has 4 nitrogen and oxygen atoms in total. The lowest BCUT2D eigenvalue weighted by Gasteiger charge is -2.54. The summed E-state index contributed by atoms with van der Waals surface area (Å²) in [5.74, 6) is -2.01. The van der Waals surface area contributed by atoms with E-state index < -0.39 is 17.3 Å². The first kappa shape index (κ1) is 17.0. The molecule has 6 heteroatoms. The van der Waals surface area contributed by atoms with Crippen LogP contribution >= 0.6 is 11.6 Å². The van der Waals surface area contributed by atoms with Gasteiger partial charge < -0.3 is 5.32 Å². The molecule has 0 unspecified atom stereocenters. The molecule has 2 atom stereocenters. The molecule has 5 rings (SSSR count). The highest BCUT2D eigenvalue weighted by atomic mass is 35.5. The molecule has 1 fully saturated rings. The minimum atomic E-state index is -1.34. The number of hydrogen-bond acceptors (Lipinski definition) is 2. The van der Waals surface area contributed by atoms with Gasteiger partial charge in [0.2, 0.25) is 5.91 Å². The lowest BCUT2D eigenvalue weighted by molar-refractivity contribution is -0.139. The summed E-state index contributed by atoms with van der Waals surface area (Å²) in [7, 11) is 0. The largest absolute Gasteiger partial charge is 0.323 e. The van der Waals surface area contributed by atoms with Crippen molar-refractivity contribution >= 4 is 34.8 Å². The second-order valence-corrected chi connectivity index (χ2v) is 7.31. The number of anilines is 2. The maximum absolute atomic E-state index is 14.6. The summed E-state index contributed by atoms with van der Waals surface area (Å²) in [5, 5.41) is 3.39. The van der Waals surface area contributed by atoms with Crippen LogP contribution in [0.1, 0.15) is 17.0 Å². The Morgan fingerprint density at radius 3 is 2.36 bits per heavy atom. The molecule has 0 aromatic heterocycles. The van der Waals surface area contributed by atoms with E-state index in [2.05, 4.69) is 5.32 Å². The standard InChI is InChI=1S/C22H14ClFN2O2/c23-14-11-9-13(10-12-14)19-20(27)26(18-8-4-2-6-16(18)24)22(19)15-5-1-3-7-17(15)25-21(22)28/h1-12,19H,(H,25,28)/t19-,22-/m0/s1. The van der Waals surface area contributed by atoms with Crippen LogP contribution in [0.4, 0.5) is 15.8 Å². The third-order valence-corrected chi connectivity index (χ3v) is 5.72. The normalized spacial score (nSPS) is 22.8. The molecule has 1 N–H and O–H groups in total. The maximum Gasteiger partial charge on any atom is 0.256 e. The molecule has 0 aliphatic carbocycles. The first-order valence-electron chi connectivity index (χ1n) is 8.80. The highest BCUT2D eigenvalue weighted by Gasteiger charge is 2.70. The van der Waals surface area contributed by atoms with E-state index in [-0.39, 0.29) is 17.5 Å². The van der Waals surface area contributed by atoms with Gasteiger partial charge in [-0.2, -0.15) is 0 Å². The van der Waals surface area contributed by atoms with Gasteiger partial charge in [-0.1, -0.05) is 54.1 Å². The van der Waals surface area contributed by atoms with Gasteiger partial charge in [0.1, 0.15) is 11.7 Å². The minimum Gasteiger partial charge on any atom is -0.323 e. The molecule has 3 aromatic carbocycles. The number of rotatable bonds is 2. The van der Waals surface area contributed by atoms with Gasteiger partial charge in [-0.05, 0) is 35.9 Å². The first-order chi connectivity index (χ1) is 13.5. The van der Waals surface area contributed by atoms with Crippen molar-refractivity contribution in [2.75, 3.05) is 10.2 Å². The summed E-state index contributed by atoms with van der Waals surface area (Å²) in [4.78, 5) is 27.8. The van der Waals surface area contributed by atoms with Crippen LogP contribution in [0.3, 0.4) is 0 Å². The van der Waals surface area contributed by atoms with Gasteiger partial charge >= 0.3 is 0 Å². The number of nitrogens with one attached hydrogen (secondary N) is 1. The van der Waals surface area contributed by atoms with Crippen LogP contribution in [0, 0.1) is 5.82 Å². The number of fused-ring (bicyclic) bond motifs is 2. The average molecular weight is 393 g/mol. The highest BCUT2D eigenvalue weighted by Crippen LogP contribution is 2.58. The van der Waals surface area contributed by atoms with Crippen LogP contribution in [-0.4, -0.2) is 11.8 Å². The molecule has 3 aromatic rings. The predicted molar refractivity (Wildman–Crippen MR) is 105 cm³/mol. The van der Waals surface area contributed by atoms with E-state index in [9.17, 15) is 14.0 Å². The maximum atomic E-state index is 14.6. The molecule has 2 heterocycles. The number of para-hydroxylation sites is 2. The molecule has 138 valence electrons. The summed E-state index contributed by atoms with van der Waals surface area (Å²) in [6.07, 6.45) is 0. The zero-order chi connectivity index (χ0) is 19.5. The summed E-state index contributed by atoms with van der Waals surface area (Å²) < 4.78 is 14.6. The fourth-order valence-electron chi connectivity index (χ4n) is 4.30. The Bertz CT molecular complexity index is 1130. The highest BCUT2D eigenvalue weighted by molar-refractivity contribution is 6.30. The summed E-state index contributed by atoms with van der Waals surface area (Å²) in [6, 6.07) is 20.0. The Labute approximate surface area is 165 Å². The van der Waals surface area contributed by atoms with Gasteiger partial charge in [-0.25, -0.2) is 4.39 Å². The number of β-lactam (4-membered cyclic amide) rings is 1. The van der Waals surface area contributed by atoms with Crippen molar-refractivity contribution in [2.45, 2.75) is 11.5 Å². The lowest BCUT2D eigenvalue weighted by Crippen LogP contribution is -2.70. The third kappa shape index (κ3) is 2.05. The lowest BCUT2D eigenvalue weighted by atomic mass is 9.66. The molecule has 0 bridgehead atoms. The smallest absolute Gasteiger partial charge is 0.256 e. The van der Waals surface area contributed by atoms with Crippen LogP contribution in [0.25, 0.3) is 0 Å². The topological polar surface area (TPSA) is 49.4 Å². The van der Waals surface area contributed by atoms with Crippen molar-refractivity contribution in [1.82, 2.24) is 0 Å². The number of benzene rings is 3. The summed E-state index contributed by atoms with van der Waals surface area (Å²) in [6.45, 7) is 0. The molecule has 1 saturated heterocycles. The van der Waals surface area contributed by atoms with Gasteiger partial charge in [0.25, 0.3) is 5.91 Å². The van der Waals surface area contributed by atoms with Crippen molar-refractivity contribution in [3.8, 4) is 0 Å². The van der Waals surface area contributed by atoms with E-state index in [0.29, 0.717) is 21.8 Å². The van der Waals surface area contributed by atoms with Crippen LogP contribution in [0.5, 0.6) is 0 Å². The van der Waals surface area contributed by atoms with Gasteiger partial charge in [0, 0.05) is 16.3 Å². The van der Waals surface area contributed by atoms with Crippen LogP contribution in [0.2, 0.25) is 5.02 Å². The monoisotopic (exact) mass is 392 g/mol. The molecule has 2 aliphatic heterocycles. The Morgan fingerprint density at radius 2 is 1.61 bits per heavy atom. The van der Waals surface area contributed by atoms with Crippen LogP contribution < -0.4 is 10.2 Å². The van der Waals surface area contributed by atoms with E-state index in [1.807, 2.05) is 12.1 Å². The second-order valence-electron chi connectivity index (χ2n) is 6.88. The number of halogens is 2. The fraction of sp³-hybridized carbons (Fsp3) is 0.0909. The molecule has 2 aliphatic rings. The number of nitrogens with zero attached hydrogens (tertiary/aromatic N) is 1. The van der Waals surface area contributed by atoms with Crippen molar-refractivity contribution in [3.63, 3.8) is 0 Å². The molecule has 0 saturated carbocycles. The van der Waals surface area contributed by atoms with Crippen LogP contribution in [-0.2, 0) is 15.1 Å². The van der Waals surface area contributed by atoms with Gasteiger partial charge in [-0.3, -0.25) is 14.5 Å². The predicted octanol–water partition coefficient (Wildman–Crippen LogP) is 4.46. The molecule has 1 spiro atoms. The Kier molecular flexibility index (Phi) is 3.58. The van der Waals surface area contributed by atoms with Crippen molar-refractivity contribution in [3.05, 3.63) is 94.8 Å². The van der Waals surface area contributed by atoms with Gasteiger partial charge in [-0.15, -0.1) is 0 Å². The molecular formula is C22H14ClFN2O2. The van der Waals surface area contributed by atoms with Gasteiger partial charge in [0.15, 0.2) is 5.54 Å². The Morgan fingerprint density at radius 1 is 0.929 bits per heavy atom. The Hall–Kier alpha value is -3.18. The third-order valence-electron chi connectivity index (χ3n) is 5.47. The van der Waals surface area contributed by atoms with E-state index in [1.54, 1.807) is 48.5 Å². The van der Waals surface area contributed by atoms with E-state index in [0.717, 1.165) is 0 Å². The average Bonchev–Trinajstić information content (AvgIpc) is 2.99.